The lowest BCUT2D eigenvalue weighted by atomic mass is 9.66. The van der Waals surface area contributed by atoms with E-state index in [4.69, 9.17) is 0 Å². The highest BCUT2D eigenvalue weighted by Crippen LogP contribution is 2.41. The molecule has 0 amide bonds. The number of hydrogen-bond donors (Lipinski definition) is 0. The molecule has 1 nitrogen and oxygen atoms in total. The van der Waals surface area contributed by atoms with Gasteiger partial charge in [-0.2, -0.15) is 0 Å². The fourth-order valence-corrected chi connectivity index (χ4v) is 3.38. The van der Waals surface area contributed by atoms with E-state index in [1.807, 2.05) is 6.07 Å². The van der Waals surface area contributed by atoms with Crippen LogP contribution < -0.4 is 0 Å². The Morgan fingerprint density at radius 3 is 2.63 bits per heavy atom. The van der Waals surface area contributed by atoms with Crippen molar-refractivity contribution in [3.63, 3.8) is 0 Å². The van der Waals surface area contributed by atoms with Gasteiger partial charge in [0.15, 0.2) is 0 Å². The Kier molecular flexibility index (Phi) is 4.79. The van der Waals surface area contributed by atoms with E-state index in [9.17, 15) is 4.79 Å². The lowest BCUT2D eigenvalue weighted by Crippen LogP contribution is -2.34. The molecule has 1 aliphatic carbocycles. The molecule has 0 aromatic heterocycles. The molecule has 0 aliphatic heterocycles. The smallest absolute Gasteiger partial charge is 0.136 e. The van der Waals surface area contributed by atoms with Crippen LogP contribution in [0.15, 0.2) is 30.3 Å². The van der Waals surface area contributed by atoms with Crippen molar-refractivity contribution in [1.82, 2.24) is 0 Å². The molecule has 1 aromatic rings. The Bertz CT molecular complexity index is 405. The van der Waals surface area contributed by atoms with E-state index in [-0.39, 0.29) is 5.41 Å². The summed E-state index contributed by atoms with van der Waals surface area (Å²) in [4.78, 5) is 12.4. The van der Waals surface area contributed by atoms with Gasteiger partial charge in [0.25, 0.3) is 0 Å². The molecule has 104 valence electrons. The average Bonchev–Trinajstić information content (AvgIpc) is 2.39. The van der Waals surface area contributed by atoms with E-state index in [0.29, 0.717) is 11.7 Å². The van der Waals surface area contributed by atoms with E-state index in [2.05, 4.69) is 38.1 Å². The van der Waals surface area contributed by atoms with Crippen molar-refractivity contribution in [2.75, 3.05) is 0 Å². The van der Waals surface area contributed by atoms with Gasteiger partial charge in [0.05, 0.1) is 0 Å². The third-order valence-electron chi connectivity index (χ3n) is 4.63. The molecule has 0 spiro atoms. The average molecular weight is 258 g/mol. The summed E-state index contributed by atoms with van der Waals surface area (Å²) in [6, 6.07) is 10.5. The second kappa shape index (κ2) is 6.36. The van der Waals surface area contributed by atoms with E-state index < -0.39 is 0 Å². The van der Waals surface area contributed by atoms with E-state index in [1.54, 1.807) is 0 Å². The summed E-state index contributed by atoms with van der Waals surface area (Å²) in [5.74, 6) is 0.803. The molecule has 0 heterocycles. The van der Waals surface area contributed by atoms with Gasteiger partial charge in [-0.3, -0.25) is 4.79 Å². The molecule has 1 unspecified atom stereocenters. The van der Waals surface area contributed by atoms with Gasteiger partial charge in [0.1, 0.15) is 5.78 Å². The lowest BCUT2D eigenvalue weighted by Gasteiger charge is -2.37. The number of carbonyl (C=O) groups excluding carboxylic acids is 1. The maximum atomic E-state index is 12.4. The summed E-state index contributed by atoms with van der Waals surface area (Å²) in [6.07, 6.45) is 7.62. The number of benzene rings is 1. The topological polar surface area (TPSA) is 17.1 Å². The Labute approximate surface area is 117 Å². The van der Waals surface area contributed by atoms with Crippen LogP contribution in [0.25, 0.3) is 0 Å². The van der Waals surface area contributed by atoms with Crippen LogP contribution in [0.3, 0.4) is 0 Å². The van der Waals surface area contributed by atoms with Crippen LogP contribution in [-0.4, -0.2) is 5.78 Å². The van der Waals surface area contributed by atoms with Gasteiger partial charge in [-0.15, -0.1) is 0 Å². The molecule has 1 saturated carbocycles. The van der Waals surface area contributed by atoms with E-state index >= 15 is 0 Å². The molecule has 0 bridgehead atoms. The number of ketones is 1. The Balaban J connectivity index is 1.81. The maximum absolute atomic E-state index is 12.4. The second-order valence-corrected chi connectivity index (χ2v) is 6.59. The summed E-state index contributed by atoms with van der Waals surface area (Å²) in [7, 11) is 0. The summed E-state index contributed by atoms with van der Waals surface area (Å²) in [6.45, 7) is 4.54. The predicted molar refractivity (Wildman–Crippen MR) is 80.1 cm³/mol. The third kappa shape index (κ3) is 3.92. The van der Waals surface area contributed by atoms with Crippen LogP contribution in [-0.2, 0) is 11.2 Å². The van der Waals surface area contributed by atoms with Gasteiger partial charge in [-0.25, -0.2) is 0 Å². The van der Waals surface area contributed by atoms with Crippen LogP contribution >= 0.6 is 0 Å². The highest BCUT2D eigenvalue weighted by molar-refractivity contribution is 5.81. The number of aryl methyl sites for hydroxylation is 1. The molecule has 0 radical (unpaired) electrons. The van der Waals surface area contributed by atoms with Crippen LogP contribution in [0.2, 0.25) is 0 Å². The minimum atomic E-state index is 0.224. The minimum Gasteiger partial charge on any atom is -0.299 e. The van der Waals surface area contributed by atoms with Crippen molar-refractivity contribution in [3.05, 3.63) is 35.9 Å². The Morgan fingerprint density at radius 2 is 1.95 bits per heavy atom. The first-order chi connectivity index (χ1) is 9.09. The van der Waals surface area contributed by atoms with Gasteiger partial charge in [-0.1, -0.05) is 57.0 Å². The number of Topliss-reactive ketones (excluding diaryl/α,β-unsaturated/α-hetero) is 1. The first kappa shape index (κ1) is 14.3. The van der Waals surface area contributed by atoms with Gasteiger partial charge in [0, 0.05) is 12.3 Å². The monoisotopic (exact) mass is 258 g/mol. The van der Waals surface area contributed by atoms with Crippen LogP contribution in [0.1, 0.15) is 57.9 Å². The molecule has 0 saturated heterocycles. The quantitative estimate of drug-likeness (QED) is 0.741. The molecule has 2 rings (SSSR count). The zero-order valence-electron chi connectivity index (χ0n) is 12.3. The molecular weight excluding hydrogens is 232 g/mol. The highest BCUT2D eigenvalue weighted by atomic mass is 16.1. The lowest BCUT2D eigenvalue weighted by molar-refractivity contribution is -0.128. The first-order valence-electron chi connectivity index (χ1n) is 7.66. The molecule has 19 heavy (non-hydrogen) atoms. The van der Waals surface area contributed by atoms with Crippen molar-refractivity contribution in [1.29, 1.82) is 0 Å². The van der Waals surface area contributed by atoms with Gasteiger partial charge in [-0.05, 0) is 36.7 Å². The van der Waals surface area contributed by atoms with Crippen LogP contribution in [0, 0.1) is 11.3 Å². The Morgan fingerprint density at radius 1 is 1.21 bits per heavy atom. The summed E-state index contributed by atoms with van der Waals surface area (Å²) in [5, 5.41) is 0. The van der Waals surface area contributed by atoms with Gasteiger partial charge >= 0.3 is 0 Å². The SMILES string of the molecule is CC1(C)CCCCC1C(=O)CCCc1ccccc1. The molecule has 1 aromatic carbocycles. The molecule has 0 N–H and O–H groups in total. The molecule has 1 aliphatic rings. The molecule has 1 heteroatoms. The first-order valence-corrected chi connectivity index (χ1v) is 7.66. The van der Waals surface area contributed by atoms with Crippen molar-refractivity contribution >= 4 is 5.78 Å². The summed E-state index contributed by atoms with van der Waals surface area (Å²) >= 11 is 0. The Hall–Kier alpha value is -1.11. The van der Waals surface area contributed by atoms with Crippen LogP contribution in [0.4, 0.5) is 0 Å². The third-order valence-corrected chi connectivity index (χ3v) is 4.63. The summed E-state index contributed by atoms with van der Waals surface area (Å²) < 4.78 is 0. The minimum absolute atomic E-state index is 0.224. The highest BCUT2D eigenvalue weighted by Gasteiger charge is 2.36. The van der Waals surface area contributed by atoms with Crippen LogP contribution in [0.5, 0.6) is 0 Å². The number of rotatable bonds is 5. The molecule has 1 atom stereocenters. The number of carbonyl (C=O) groups is 1. The normalized spacial score (nSPS) is 22.1. The van der Waals surface area contributed by atoms with Gasteiger partial charge < -0.3 is 0 Å². The van der Waals surface area contributed by atoms with E-state index in [1.165, 1.54) is 24.8 Å². The van der Waals surface area contributed by atoms with Crippen molar-refractivity contribution in [2.24, 2.45) is 11.3 Å². The predicted octanol–water partition coefficient (Wildman–Crippen LogP) is 4.79. The molecule has 1 fully saturated rings. The fraction of sp³-hybridized carbons (Fsp3) is 0.611. The second-order valence-electron chi connectivity index (χ2n) is 6.59. The zero-order chi connectivity index (χ0) is 13.7. The van der Waals surface area contributed by atoms with Gasteiger partial charge in [0.2, 0.25) is 0 Å². The van der Waals surface area contributed by atoms with Crippen molar-refractivity contribution < 1.29 is 4.79 Å². The zero-order valence-corrected chi connectivity index (χ0v) is 12.3. The summed E-state index contributed by atoms with van der Waals surface area (Å²) in [5.41, 5.74) is 1.57. The largest absolute Gasteiger partial charge is 0.299 e. The maximum Gasteiger partial charge on any atom is 0.136 e. The fourth-order valence-electron chi connectivity index (χ4n) is 3.38. The number of hydrogen-bond acceptors (Lipinski definition) is 1. The van der Waals surface area contributed by atoms with Crippen molar-refractivity contribution in [2.45, 2.75) is 58.8 Å². The van der Waals surface area contributed by atoms with Crippen molar-refractivity contribution in [3.8, 4) is 0 Å². The molecular formula is C18H26O. The van der Waals surface area contributed by atoms with E-state index in [0.717, 1.165) is 25.7 Å². The standard InChI is InChI=1S/C18H26O/c1-18(2)14-7-6-12-16(18)17(19)13-8-11-15-9-4-3-5-10-15/h3-5,9-10,16H,6-8,11-14H2,1-2H3.